The fourth-order valence-electron chi connectivity index (χ4n) is 1.13. The van der Waals surface area contributed by atoms with Gasteiger partial charge in [-0.15, -0.1) is 0 Å². The normalized spacial score (nSPS) is 28.2. The van der Waals surface area contributed by atoms with Crippen LogP contribution in [0.4, 0.5) is 0 Å². The highest BCUT2D eigenvalue weighted by Gasteiger charge is 2.30. The summed E-state index contributed by atoms with van der Waals surface area (Å²) in [4.78, 5) is 0. The van der Waals surface area contributed by atoms with Crippen molar-refractivity contribution in [1.29, 1.82) is 0 Å². The van der Waals surface area contributed by atoms with Crippen LogP contribution in [-0.4, -0.2) is 57.7 Å². The van der Waals surface area contributed by atoms with Crippen LogP contribution in [-0.2, 0) is 4.74 Å². The van der Waals surface area contributed by atoms with Crippen LogP contribution in [0.15, 0.2) is 0 Å². The summed E-state index contributed by atoms with van der Waals surface area (Å²) in [6.07, 6.45) is -0.427. The van der Waals surface area contributed by atoms with Gasteiger partial charge < -0.3 is 30.9 Å². The van der Waals surface area contributed by atoms with Crippen LogP contribution in [0.2, 0.25) is 0 Å². The molecule has 6 nitrogen and oxygen atoms in total. The molecular formula is C9H21NO5. The minimum absolute atomic E-state index is 0.123. The van der Waals surface area contributed by atoms with Gasteiger partial charge in [-0.1, -0.05) is 0 Å². The highest BCUT2D eigenvalue weighted by atomic mass is 16.5. The maximum atomic E-state index is 9.07. The predicted molar refractivity (Wildman–Crippen MR) is 53.9 cm³/mol. The van der Waals surface area contributed by atoms with Gasteiger partial charge in [0, 0.05) is 12.6 Å². The van der Waals surface area contributed by atoms with E-state index in [2.05, 4.69) is 0 Å². The van der Waals surface area contributed by atoms with Crippen molar-refractivity contribution in [3.8, 4) is 0 Å². The molecule has 0 saturated carbocycles. The highest BCUT2D eigenvalue weighted by molar-refractivity contribution is 4.84. The van der Waals surface area contributed by atoms with E-state index in [4.69, 9.17) is 30.9 Å². The largest absolute Gasteiger partial charge is 0.394 e. The minimum atomic E-state index is -1.50. The Balaban J connectivity index is 0.000000336. The summed E-state index contributed by atoms with van der Waals surface area (Å²) in [5.74, 6) is -1.50. The van der Waals surface area contributed by atoms with Gasteiger partial charge in [0.15, 0.2) is 5.79 Å². The topological polar surface area (TPSA) is 116 Å². The van der Waals surface area contributed by atoms with Crippen LogP contribution < -0.4 is 5.73 Å². The first-order valence-corrected chi connectivity index (χ1v) is 4.86. The summed E-state index contributed by atoms with van der Waals surface area (Å²) in [5, 5.41) is 33.8. The molecule has 2 unspecified atom stereocenters. The van der Waals surface area contributed by atoms with E-state index >= 15 is 0 Å². The Kier molecular flexibility index (Phi) is 6.26. The number of ether oxygens (including phenoxy) is 1. The maximum Gasteiger partial charge on any atom is 0.156 e. The molecule has 0 bridgehead atoms. The number of hydrogen-bond acceptors (Lipinski definition) is 6. The van der Waals surface area contributed by atoms with Crippen LogP contribution in [0.5, 0.6) is 0 Å². The van der Waals surface area contributed by atoms with Crippen LogP contribution in [0, 0.1) is 0 Å². The molecule has 1 heterocycles. The molecule has 1 fully saturated rings. The smallest absolute Gasteiger partial charge is 0.156 e. The number of hydrogen-bond donors (Lipinski definition) is 5. The van der Waals surface area contributed by atoms with E-state index in [1.165, 1.54) is 13.8 Å². The maximum absolute atomic E-state index is 9.07. The average Bonchev–Trinajstić information content (AvgIpc) is 2.47. The average molecular weight is 223 g/mol. The first-order chi connectivity index (χ1) is 6.75. The molecule has 0 spiro atoms. The molecule has 0 amide bonds. The molecule has 0 aromatic carbocycles. The summed E-state index contributed by atoms with van der Waals surface area (Å²) >= 11 is 0. The van der Waals surface area contributed by atoms with Crippen LogP contribution in [0.1, 0.15) is 20.3 Å². The fourth-order valence-corrected chi connectivity index (χ4v) is 1.13. The predicted octanol–water partition coefficient (Wildman–Crippen LogP) is -1.84. The molecule has 1 saturated heterocycles. The number of aliphatic hydroxyl groups is 4. The second kappa shape index (κ2) is 6.37. The number of rotatable bonds is 2. The van der Waals surface area contributed by atoms with Gasteiger partial charge in [-0.3, -0.25) is 0 Å². The van der Waals surface area contributed by atoms with Gasteiger partial charge in [-0.05, 0) is 20.3 Å². The lowest BCUT2D eigenvalue weighted by atomic mass is 10.1. The zero-order valence-electron chi connectivity index (χ0n) is 9.13. The molecular weight excluding hydrogens is 202 g/mol. The zero-order chi connectivity index (χ0) is 12.1. The molecule has 6 N–H and O–H groups in total. The Morgan fingerprint density at radius 1 is 1.47 bits per heavy atom. The molecule has 6 heteroatoms. The van der Waals surface area contributed by atoms with Gasteiger partial charge in [0.1, 0.15) is 12.2 Å². The molecule has 0 aromatic heterocycles. The van der Waals surface area contributed by atoms with Crippen molar-refractivity contribution in [2.75, 3.05) is 13.2 Å². The van der Waals surface area contributed by atoms with E-state index < -0.39 is 11.9 Å². The summed E-state index contributed by atoms with van der Waals surface area (Å²) in [6, 6.07) is -0.123. The molecule has 92 valence electrons. The van der Waals surface area contributed by atoms with Gasteiger partial charge in [0.25, 0.3) is 0 Å². The quantitative estimate of drug-likeness (QED) is 0.351. The third-order valence-electron chi connectivity index (χ3n) is 1.75. The summed E-state index contributed by atoms with van der Waals surface area (Å²) in [7, 11) is 0. The molecule has 3 atom stereocenters. The van der Waals surface area contributed by atoms with Crippen molar-refractivity contribution in [3.63, 3.8) is 0 Å². The van der Waals surface area contributed by atoms with Gasteiger partial charge in [0.2, 0.25) is 0 Å². The zero-order valence-corrected chi connectivity index (χ0v) is 9.13. The molecule has 1 aliphatic heterocycles. The Bertz CT molecular complexity index is 164. The minimum Gasteiger partial charge on any atom is -0.394 e. The Hall–Kier alpha value is -0.240. The van der Waals surface area contributed by atoms with Gasteiger partial charge in [-0.25, -0.2) is 0 Å². The number of nitrogens with two attached hydrogens (primary N) is 1. The molecule has 0 aliphatic carbocycles. The first kappa shape index (κ1) is 14.8. The number of aliphatic hydroxyl groups excluding tert-OH is 2. The van der Waals surface area contributed by atoms with Crippen molar-refractivity contribution in [3.05, 3.63) is 0 Å². The molecule has 0 aromatic rings. The van der Waals surface area contributed by atoms with Crippen molar-refractivity contribution in [2.24, 2.45) is 5.73 Å². The third kappa shape index (κ3) is 7.66. The van der Waals surface area contributed by atoms with Crippen LogP contribution in [0.25, 0.3) is 0 Å². The fraction of sp³-hybridized carbons (Fsp3) is 1.00. The second-order valence-electron chi connectivity index (χ2n) is 4.03. The van der Waals surface area contributed by atoms with Crippen molar-refractivity contribution < 1.29 is 25.2 Å². The van der Waals surface area contributed by atoms with E-state index in [1.54, 1.807) is 0 Å². The van der Waals surface area contributed by atoms with Gasteiger partial charge in [-0.2, -0.15) is 0 Å². The van der Waals surface area contributed by atoms with Gasteiger partial charge >= 0.3 is 0 Å². The Labute approximate surface area is 89.3 Å². The lowest BCUT2D eigenvalue weighted by Gasteiger charge is -2.18. The van der Waals surface area contributed by atoms with Crippen LogP contribution >= 0.6 is 0 Å². The molecule has 15 heavy (non-hydrogen) atoms. The van der Waals surface area contributed by atoms with E-state index in [9.17, 15) is 0 Å². The summed E-state index contributed by atoms with van der Waals surface area (Å²) in [5.41, 5.74) is 5.56. The van der Waals surface area contributed by atoms with Crippen molar-refractivity contribution in [1.82, 2.24) is 0 Å². The molecule has 1 rings (SSSR count). The molecule has 0 radical (unpaired) electrons. The SMILES string of the molecule is CC(C)(O)O.N[C@H]1CCOC1C(O)CO. The van der Waals surface area contributed by atoms with E-state index in [0.717, 1.165) is 6.42 Å². The lowest BCUT2D eigenvalue weighted by molar-refractivity contribution is -0.127. The first-order valence-electron chi connectivity index (χ1n) is 4.86. The van der Waals surface area contributed by atoms with Crippen molar-refractivity contribution >= 4 is 0 Å². The van der Waals surface area contributed by atoms with E-state index in [0.29, 0.717) is 6.61 Å². The van der Waals surface area contributed by atoms with E-state index in [1.807, 2.05) is 0 Å². The lowest BCUT2D eigenvalue weighted by Crippen LogP contribution is -2.41. The van der Waals surface area contributed by atoms with E-state index in [-0.39, 0.29) is 18.8 Å². The molecule has 1 aliphatic rings. The van der Waals surface area contributed by atoms with Crippen LogP contribution in [0.3, 0.4) is 0 Å². The summed E-state index contributed by atoms with van der Waals surface area (Å²) < 4.78 is 5.08. The van der Waals surface area contributed by atoms with Gasteiger partial charge in [0.05, 0.1) is 6.61 Å². The Morgan fingerprint density at radius 3 is 2.20 bits per heavy atom. The highest BCUT2D eigenvalue weighted by Crippen LogP contribution is 2.14. The third-order valence-corrected chi connectivity index (χ3v) is 1.75. The Morgan fingerprint density at radius 2 is 1.93 bits per heavy atom. The standard InChI is InChI=1S/C6H13NO3.C3H8O2/c7-4-1-2-10-6(4)5(9)3-8;1-3(2,4)5/h4-6,8-9H,1-3,7H2;4-5H,1-2H3/t4-,5?,6?;/m0./s1. The van der Waals surface area contributed by atoms with Crippen molar-refractivity contribution in [2.45, 2.75) is 44.3 Å². The summed E-state index contributed by atoms with van der Waals surface area (Å²) in [6.45, 7) is 2.90. The second-order valence-corrected chi connectivity index (χ2v) is 4.03. The monoisotopic (exact) mass is 223 g/mol.